The molecule has 5 rings (SSSR count). The molecule has 1 unspecified atom stereocenters. The number of fused-ring (bicyclic) bond motifs is 2. The van der Waals surface area contributed by atoms with E-state index in [1.54, 1.807) is 7.11 Å². The molecule has 0 amide bonds. The van der Waals surface area contributed by atoms with Gasteiger partial charge in [0.05, 0.1) is 12.6 Å². The van der Waals surface area contributed by atoms with Crippen molar-refractivity contribution in [3.05, 3.63) is 64.6 Å². The summed E-state index contributed by atoms with van der Waals surface area (Å²) in [6.07, 6.45) is 6.28. The highest BCUT2D eigenvalue weighted by Gasteiger charge is 2.28. The van der Waals surface area contributed by atoms with Crippen molar-refractivity contribution in [2.24, 2.45) is 0 Å². The van der Waals surface area contributed by atoms with Gasteiger partial charge >= 0.3 is 0 Å². The third-order valence-corrected chi connectivity index (χ3v) is 5.76. The third kappa shape index (κ3) is 2.96. The maximum atomic E-state index is 5.24. The van der Waals surface area contributed by atoms with Gasteiger partial charge in [-0.15, -0.1) is 0 Å². The van der Waals surface area contributed by atoms with Gasteiger partial charge in [-0.25, -0.2) is 14.6 Å². The number of aryl methyl sites for hydroxylation is 3. The van der Waals surface area contributed by atoms with E-state index in [-0.39, 0.29) is 6.04 Å². The molecule has 2 heterocycles. The Morgan fingerprint density at radius 2 is 1.96 bits per heavy atom. The second-order valence-corrected chi connectivity index (χ2v) is 7.45. The lowest BCUT2D eigenvalue weighted by Gasteiger charge is -2.15. The van der Waals surface area contributed by atoms with Gasteiger partial charge in [-0.2, -0.15) is 5.10 Å². The molecule has 27 heavy (non-hydrogen) atoms. The van der Waals surface area contributed by atoms with E-state index >= 15 is 0 Å². The van der Waals surface area contributed by atoms with Crippen LogP contribution in [0.3, 0.4) is 0 Å². The van der Waals surface area contributed by atoms with Crippen LogP contribution in [0.1, 0.15) is 47.1 Å². The van der Waals surface area contributed by atoms with Gasteiger partial charge in [0.25, 0.3) is 0 Å². The molecule has 0 radical (unpaired) electrons. The number of rotatable bonds is 5. The minimum atomic E-state index is 0.232. The molecule has 5 heteroatoms. The van der Waals surface area contributed by atoms with Crippen molar-refractivity contribution < 1.29 is 4.74 Å². The smallest absolute Gasteiger partial charge is 0.177 e. The summed E-state index contributed by atoms with van der Waals surface area (Å²) in [7, 11) is 1.72. The SMILES string of the molecule is COCCc1nc(-c2ccc3c(n2)CCC3)n(C2CCc3ccccc32)n1. The lowest BCUT2D eigenvalue weighted by atomic mass is 10.1. The Morgan fingerprint density at radius 3 is 2.89 bits per heavy atom. The molecule has 2 aliphatic carbocycles. The summed E-state index contributed by atoms with van der Waals surface area (Å²) in [4.78, 5) is 9.82. The Hall–Kier alpha value is -2.53. The molecule has 0 saturated carbocycles. The Bertz CT molecular complexity index is 978. The van der Waals surface area contributed by atoms with Gasteiger partial charge in [-0.05, 0) is 54.9 Å². The van der Waals surface area contributed by atoms with Gasteiger partial charge < -0.3 is 4.74 Å². The second kappa shape index (κ2) is 6.89. The highest BCUT2D eigenvalue weighted by molar-refractivity contribution is 5.52. The quantitative estimate of drug-likeness (QED) is 0.698. The number of benzene rings is 1. The summed E-state index contributed by atoms with van der Waals surface area (Å²) in [5.41, 5.74) is 6.34. The van der Waals surface area contributed by atoms with Crippen molar-refractivity contribution in [2.45, 2.75) is 44.6 Å². The number of hydrogen-bond acceptors (Lipinski definition) is 4. The maximum absolute atomic E-state index is 5.24. The van der Waals surface area contributed by atoms with E-state index in [2.05, 4.69) is 41.1 Å². The van der Waals surface area contributed by atoms with Crippen LogP contribution < -0.4 is 0 Å². The van der Waals surface area contributed by atoms with E-state index in [0.29, 0.717) is 6.61 Å². The van der Waals surface area contributed by atoms with E-state index in [1.807, 2.05) is 0 Å². The van der Waals surface area contributed by atoms with Crippen LogP contribution in [0, 0.1) is 0 Å². The zero-order valence-electron chi connectivity index (χ0n) is 15.7. The predicted molar refractivity (Wildman–Crippen MR) is 104 cm³/mol. The average Bonchev–Trinajstić information content (AvgIpc) is 3.42. The molecule has 138 valence electrons. The molecule has 1 aromatic carbocycles. The normalized spacial score (nSPS) is 17.9. The molecule has 0 aliphatic heterocycles. The Balaban J connectivity index is 1.59. The molecule has 3 aromatic rings. The zero-order chi connectivity index (χ0) is 18.2. The van der Waals surface area contributed by atoms with Gasteiger partial charge in [0.15, 0.2) is 11.6 Å². The summed E-state index contributed by atoms with van der Waals surface area (Å²) >= 11 is 0. The molecule has 5 nitrogen and oxygen atoms in total. The van der Waals surface area contributed by atoms with Gasteiger partial charge in [-0.1, -0.05) is 30.3 Å². The minimum Gasteiger partial charge on any atom is -0.384 e. The van der Waals surface area contributed by atoms with Gasteiger partial charge in [0.2, 0.25) is 0 Å². The molecular formula is C22H24N4O. The van der Waals surface area contributed by atoms with Crippen LogP contribution in [0.5, 0.6) is 0 Å². The van der Waals surface area contributed by atoms with E-state index < -0.39 is 0 Å². The molecule has 0 fully saturated rings. The maximum Gasteiger partial charge on any atom is 0.177 e. The van der Waals surface area contributed by atoms with E-state index in [0.717, 1.165) is 49.4 Å². The molecule has 2 aromatic heterocycles. The van der Waals surface area contributed by atoms with Crippen molar-refractivity contribution in [3.63, 3.8) is 0 Å². The van der Waals surface area contributed by atoms with Crippen LogP contribution in [0.4, 0.5) is 0 Å². The van der Waals surface area contributed by atoms with Crippen LogP contribution in [0.25, 0.3) is 11.5 Å². The first kappa shape index (κ1) is 16.6. The summed E-state index contributed by atoms with van der Waals surface area (Å²) in [6, 6.07) is 13.3. The zero-order valence-corrected chi connectivity index (χ0v) is 15.7. The highest BCUT2D eigenvalue weighted by Crippen LogP contribution is 2.36. The number of hydrogen-bond donors (Lipinski definition) is 0. The lowest BCUT2D eigenvalue weighted by Crippen LogP contribution is -2.12. The molecule has 0 bridgehead atoms. The largest absolute Gasteiger partial charge is 0.384 e. The fourth-order valence-corrected chi connectivity index (χ4v) is 4.39. The Morgan fingerprint density at radius 1 is 1.04 bits per heavy atom. The number of nitrogens with zero attached hydrogens (tertiary/aromatic N) is 4. The van der Waals surface area contributed by atoms with E-state index in [9.17, 15) is 0 Å². The molecule has 1 atom stereocenters. The summed E-state index contributed by atoms with van der Waals surface area (Å²) < 4.78 is 7.35. The third-order valence-electron chi connectivity index (χ3n) is 5.76. The predicted octanol–water partition coefficient (Wildman–Crippen LogP) is 3.55. The fourth-order valence-electron chi connectivity index (χ4n) is 4.39. The van der Waals surface area contributed by atoms with Gasteiger partial charge in [0, 0.05) is 19.2 Å². The lowest BCUT2D eigenvalue weighted by molar-refractivity contribution is 0.200. The van der Waals surface area contributed by atoms with Crippen LogP contribution in [-0.2, 0) is 30.4 Å². The van der Waals surface area contributed by atoms with Crippen molar-refractivity contribution in [1.29, 1.82) is 0 Å². The van der Waals surface area contributed by atoms with Gasteiger partial charge in [-0.3, -0.25) is 0 Å². The van der Waals surface area contributed by atoms with Crippen molar-refractivity contribution >= 4 is 0 Å². The second-order valence-electron chi connectivity index (χ2n) is 7.45. The first-order valence-corrected chi connectivity index (χ1v) is 9.85. The van der Waals surface area contributed by atoms with E-state index in [1.165, 1.54) is 28.8 Å². The molecule has 0 spiro atoms. The first-order chi connectivity index (χ1) is 13.3. The number of ether oxygens (including phenoxy) is 1. The highest BCUT2D eigenvalue weighted by atomic mass is 16.5. The number of aromatic nitrogens is 4. The Labute approximate surface area is 159 Å². The van der Waals surface area contributed by atoms with Crippen molar-refractivity contribution in [2.75, 3.05) is 13.7 Å². The topological polar surface area (TPSA) is 52.8 Å². The standard InChI is InChI=1S/C22H24N4O/c1-27-14-13-21-24-22(19-11-9-16-6-4-8-18(16)23-19)26(25-21)20-12-10-15-5-2-3-7-17(15)20/h2-3,5,7,9,11,20H,4,6,8,10,12-14H2,1H3. The van der Waals surface area contributed by atoms with Crippen LogP contribution in [0.15, 0.2) is 36.4 Å². The van der Waals surface area contributed by atoms with Crippen LogP contribution in [0.2, 0.25) is 0 Å². The van der Waals surface area contributed by atoms with Gasteiger partial charge in [0.1, 0.15) is 5.69 Å². The number of methoxy groups -OCH3 is 1. The summed E-state index contributed by atoms with van der Waals surface area (Å²) in [6.45, 7) is 0.627. The van der Waals surface area contributed by atoms with Crippen molar-refractivity contribution in [1.82, 2.24) is 19.7 Å². The molecule has 0 N–H and O–H groups in total. The Kier molecular flexibility index (Phi) is 4.24. The van der Waals surface area contributed by atoms with Crippen LogP contribution >= 0.6 is 0 Å². The molecular weight excluding hydrogens is 336 g/mol. The van der Waals surface area contributed by atoms with E-state index in [4.69, 9.17) is 19.8 Å². The first-order valence-electron chi connectivity index (χ1n) is 9.85. The fraction of sp³-hybridized carbons (Fsp3) is 0.409. The average molecular weight is 360 g/mol. The minimum absolute atomic E-state index is 0.232. The van der Waals surface area contributed by atoms with Crippen molar-refractivity contribution in [3.8, 4) is 11.5 Å². The number of pyridine rings is 1. The monoisotopic (exact) mass is 360 g/mol. The van der Waals surface area contributed by atoms with Crippen LogP contribution in [-0.4, -0.2) is 33.5 Å². The summed E-state index contributed by atoms with van der Waals surface area (Å²) in [5.74, 6) is 1.72. The summed E-state index contributed by atoms with van der Waals surface area (Å²) in [5, 5.41) is 4.88. The molecule has 2 aliphatic rings. The molecule has 0 saturated heterocycles.